The zero-order valence-corrected chi connectivity index (χ0v) is 12.9. The number of carboxylic acids is 1. The molecule has 6 nitrogen and oxygen atoms in total. The molecule has 0 unspecified atom stereocenters. The predicted molar refractivity (Wildman–Crippen MR) is 81.7 cm³/mol. The molecule has 0 heterocycles. The first-order valence-electron chi connectivity index (χ1n) is 7.97. The molecule has 6 heteroatoms. The van der Waals surface area contributed by atoms with Crippen LogP contribution in [-0.2, 0) is 14.3 Å². The highest BCUT2D eigenvalue weighted by Gasteiger charge is 2.33. The monoisotopic (exact) mass is 308 g/mol. The van der Waals surface area contributed by atoms with Crippen molar-refractivity contribution in [2.45, 2.75) is 51.5 Å². The number of carboxylic acid groups (broad SMARTS) is 1. The van der Waals surface area contributed by atoms with Crippen LogP contribution < -0.4 is 5.32 Å². The van der Waals surface area contributed by atoms with Crippen LogP contribution >= 0.6 is 0 Å². The average molecular weight is 308 g/mol. The number of ether oxygens (including phenoxy) is 1. The predicted octanol–water partition coefficient (Wildman–Crippen LogP) is 2.10. The molecule has 2 saturated carbocycles. The molecule has 0 spiro atoms. The van der Waals surface area contributed by atoms with E-state index in [4.69, 9.17) is 10.1 Å². The Morgan fingerprint density at radius 1 is 1.18 bits per heavy atom. The zero-order chi connectivity index (χ0) is 16.1. The lowest BCUT2D eigenvalue weighted by Crippen LogP contribution is -2.36. The van der Waals surface area contributed by atoms with Crippen molar-refractivity contribution in [3.05, 3.63) is 11.3 Å². The summed E-state index contributed by atoms with van der Waals surface area (Å²) in [5.41, 5.74) is 0.761. The van der Waals surface area contributed by atoms with Crippen LogP contribution in [0, 0.1) is 17.2 Å². The van der Waals surface area contributed by atoms with Crippen LogP contribution in [0.2, 0.25) is 0 Å². The third-order valence-electron chi connectivity index (χ3n) is 4.36. The van der Waals surface area contributed by atoms with Crippen molar-refractivity contribution >= 4 is 18.2 Å². The van der Waals surface area contributed by atoms with Gasteiger partial charge in [0.1, 0.15) is 0 Å². The van der Waals surface area contributed by atoms with Gasteiger partial charge >= 0.3 is 11.9 Å². The van der Waals surface area contributed by atoms with E-state index >= 15 is 0 Å². The SMILES string of the molecule is CCOC(=O)[C@H]1CC[C@H](N/C(=C(\C=N)C(=O)O)C2CC2)CC1. The first-order chi connectivity index (χ1) is 10.6. The van der Waals surface area contributed by atoms with Crippen LogP contribution in [0.1, 0.15) is 45.4 Å². The summed E-state index contributed by atoms with van der Waals surface area (Å²) in [5.74, 6) is -0.960. The molecule has 122 valence electrons. The fourth-order valence-electron chi connectivity index (χ4n) is 3.00. The van der Waals surface area contributed by atoms with Crippen molar-refractivity contribution in [2.75, 3.05) is 6.61 Å². The van der Waals surface area contributed by atoms with Crippen molar-refractivity contribution in [1.29, 1.82) is 5.41 Å². The molecular formula is C16H24N2O4. The lowest BCUT2D eigenvalue weighted by Gasteiger charge is -2.30. The van der Waals surface area contributed by atoms with Crippen LogP contribution in [0.5, 0.6) is 0 Å². The number of esters is 1. The van der Waals surface area contributed by atoms with E-state index in [0.717, 1.165) is 44.7 Å². The number of aliphatic carboxylic acids is 1. The molecule has 0 aliphatic heterocycles. The molecule has 22 heavy (non-hydrogen) atoms. The molecule has 0 aromatic heterocycles. The maximum absolute atomic E-state index is 11.7. The molecular weight excluding hydrogens is 284 g/mol. The molecule has 2 aliphatic carbocycles. The van der Waals surface area contributed by atoms with Gasteiger partial charge in [-0.1, -0.05) is 0 Å². The van der Waals surface area contributed by atoms with Gasteiger partial charge in [-0.2, -0.15) is 0 Å². The van der Waals surface area contributed by atoms with E-state index in [2.05, 4.69) is 5.32 Å². The first-order valence-corrected chi connectivity index (χ1v) is 7.97. The molecule has 2 fully saturated rings. The van der Waals surface area contributed by atoms with Crippen LogP contribution in [0.25, 0.3) is 0 Å². The highest BCUT2D eigenvalue weighted by molar-refractivity contribution is 6.08. The first kappa shape index (κ1) is 16.5. The van der Waals surface area contributed by atoms with Gasteiger partial charge in [-0.25, -0.2) is 4.79 Å². The second-order valence-electron chi connectivity index (χ2n) is 6.00. The van der Waals surface area contributed by atoms with Gasteiger partial charge in [-0.3, -0.25) is 4.79 Å². The van der Waals surface area contributed by atoms with E-state index in [-0.39, 0.29) is 29.4 Å². The summed E-state index contributed by atoms with van der Waals surface area (Å²) in [6, 6.07) is 0.176. The van der Waals surface area contributed by atoms with Gasteiger partial charge in [0.15, 0.2) is 0 Å². The van der Waals surface area contributed by atoms with E-state index < -0.39 is 5.97 Å². The maximum atomic E-state index is 11.7. The fourth-order valence-corrected chi connectivity index (χ4v) is 3.00. The maximum Gasteiger partial charge on any atom is 0.339 e. The van der Waals surface area contributed by atoms with Crippen LogP contribution in [-0.4, -0.2) is 35.9 Å². The van der Waals surface area contributed by atoms with E-state index in [9.17, 15) is 14.7 Å². The minimum atomic E-state index is -1.05. The summed E-state index contributed by atoms with van der Waals surface area (Å²) in [4.78, 5) is 23.0. The van der Waals surface area contributed by atoms with Crippen LogP contribution in [0.3, 0.4) is 0 Å². The Bertz CT molecular complexity index is 475. The Balaban J connectivity index is 1.95. The molecule has 0 amide bonds. The molecule has 2 aliphatic rings. The Hall–Kier alpha value is -1.85. The average Bonchev–Trinajstić information content (AvgIpc) is 3.32. The second-order valence-corrected chi connectivity index (χ2v) is 6.00. The normalized spacial score (nSPS) is 25.9. The number of hydrogen-bond acceptors (Lipinski definition) is 5. The highest BCUT2D eigenvalue weighted by Crippen LogP contribution is 2.37. The Morgan fingerprint density at radius 3 is 2.23 bits per heavy atom. The molecule has 0 radical (unpaired) electrons. The zero-order valence-electron chi connectivity index (χ0n) is 12.9. The minimum absolute atomic E-state index is 0.0342. The summed E-state index contributed by atoms with van der Waals surface area (Å²) < 4.78 is 5.06. The highest BCUT2D eigenvalue weighted by atomic mass is 16.5. The third-order valence-corrected chi connectivity index (χ3v) is 4.36. The Labute approximate surface area is 130 Å². The standard InChI is InChI=1S/C16H24N2O4/c1-2-22-16(21)11-5-7-12(8-6-11)18-14(10-3-4-10)13(9-17)15(19)20/h9-12,17-18H,2-8H2,1H3,(H,19,20)/b14-13+,17-9?/t11-,12-. The van der Waals surface area contributed by atoms with Gasteiger partial charge in [0.05, 0.1) is 18.1 Å². The summed E-state index contributed by atoms with van der Waals surface area (Å²) in [6.07, 6.45) is 6.06. The summed E-state index contributed by atoms with van der Waals surface area (Å²) in [6.45, 7) is 2.22. The van der Waals surface area contributed by atoms with Gasteiger partial charge in [-0.15, -0.1) is 0 Å². The molecule has 0 atom stereocenters. The van der Waals surface area contributed by atoms with Gasteiger partial charge in [0, 0.05) is 18.0 Å². The molecule has 0 bridgehead atoms. The molecule has 0 saturated heterocycles. The van der Waals surface area contributed by atoms with E-state index in [0.29, 0.717) is 12.3 Å². The Kier molecular flexibility index (Phi) is 5.57. The number of nitrogens with one attached hydrogen (secondary N) is 2. The quantitative estimate of drug-likeness (QED) is 0.380. The lowest BCUT2D eigenvalue weighted by molar-refractivity contribution is -0.149. The largest absolute Gasteiger partial charge is 0.478 e. The van der Waals surface area contributed by atoms with Crippen molar-refractivity contribution in [1.82, 2.24) is 5.32 Å². The van der Waals surface area contributed by atoms with Crippen LogP contribution in [0.4, 0.5) is 0 Å². The van der Waals surface area contributed by atoms with Crippen molar-refractivity contribution in [2.24, 2.45) is 11.8 Å². The number of allylic oxidation sites excluding steroid dienone is 1. The smallest absolute Gasteiger partial charge is 0.339 e. The summed E-state index contributed by atoms with van der Waals surface area (Å²) >= 11 is 0. The second kappa shape index (κ2) is 7.42. The van der Waals surface area contributed by atoms with Crippen molar-refractivity contribution in [3.8, 4) is 0 Å². The third kappa shape index (κ3) is 4.08. The number of hydrogen-bond donors (Lipinski definition) is 3. The van der Waals surface area contributed by atoms with Gasteiger partial charge in [0.25, 0.3) is 0 Å². The van der Waals surface area contributed by atoms with E-state index in [1.165, 1.54) is 0 Å². The van der Waals surface area contributed by atoms with Gasteiger partial charge in [-0.05, 0) is 51.4 Å². The lowest BCUT2D eigenvalue weighted by atomic mass is 9.85. The van der Waals surface area contributed by atoms with Crippen molar-refractivity contribution in [3.63, 3.8) is 0 Å². The van der Waals surface area contributed by atoms with Gasteiger partial charge < -0.3 is 20.6 Å². The topological polar surface area (TPSA) is 99.5 Å². The number of carbonyl (C=O) groups excluding carboxylic acids is 1. The number of carbonyl (C=O) groups is 2. The minimum Gasteiger partial charge on any atom is -0.478 e. The fraction of sp³-hybridized carbons (Fsp3) is 0.688. The van der Waals surface area contributed by atoms with E-state index in [1.807, 2.05) is 6.92 Å². The van der Waals surface area contributed by atoms with Gasteiger partial charge in [0.2, 0.25) is 0 Å². The molecule has 0 aromatic rings. The molecule has 0 aromatic carbocycles. The molecule has 3 N–H and O–H groups in total. The molecule has 2 rings (SSSR count). The Morgan fingerprint density at radius 2 is 1.77 bits per heavy atom. The summed E-state index contributed by atoms with van der Waals surface area (Å²) in [7, 11) is 0. The summed E-state index contributed by atoms with van der Waals surface area (Å²) in [5, 5.41) is 19.9. The van der Waals surface area contributed by atoms with Crippen molar-refractivity contribution < 1.29 is 19.4 Å². The van der Waals surface area contributed by atoms with E-state index in [1.54, 1.807) is 0 Å². The number of rotatable bonds is 7. The van der Waals surface area contributed by atoms with Crippen LogP contribution in [0.15, 0.2) is 11.3 Å².